The SMILES string of the molecule is CC(C(=O)Nc1ccc(N2CCOCC2)cc1)N1CCc2ccccc2C1. The van der Waals surface area contributed by atoms with Gasteiger partial charge in [0.25, 0.3) is 0 Å². The van der Waals surface area contributed by atoms with Crippen LogP contribution in [0, 0.1) is 0 Å². The van der Waals surface area contributed by atoms with Crippen molar-refractivity contribution >= 4 is 17.3 Å². The Kier molecular flexibility index (Phi) is 5.41. The van der Waals surface area contributed by atoms with Gasteiger partial charge in [0.2, 0.25) is 5.91 Å². The molecule has 142 valence electrons. The standard InChI is InChI=1S/C22H27N3O2/c1-17(25-11-10-18-4-2-3-5-19(18)16-25)22(26)23-20-6-8-21(9-7-20)24-12-14-27-15-13-24/h2-9,17H,10-16H2,1H3,(H,23,26). The van der Waals surface area contributed by atoms with Gasteiger partial charge in [0.15, 0.2) is 0 Å². The lowest BCUT2D eigenvalue weighted by Crippen LogP contribution is -2.44. The third-order valence-corrected chi connectivity index (χ3v) is 5.60. The van der Waals surface area contributed by atoms with E-state index >= 15 is 0 Å². The molecule has 2 aliphatic heterocycles. The van der Waals surface area contributed by atoms with Crippen LogP contribution in [0.3, 0.4) is 0 Å². The van der Waals surface area contributed by atoms with Gasteiger partial charge in [-0.05, 0) is 48.7 Å². The molecule has 0 radical (unpaired) electrons. The number of rotatable bonds is 4. The first kappa shape index (κ1) is 18.0. The van der Waals surface area contributed by atoms with Crippen molar-refractivity contribution in [3.05, 3.63) is 59.7 Å². The molecule has 0 aliphatic carbocycles. The normalized spacial score (nSPS) is 18.6. The molecule has 0 aromatic heterocycles. The van der Waals surface area contributed by atoms with Gasteiger partial charge >= 0.3 is 0 Å². The van der Waals surface area contributed by atoms with E-state index in [1.54, 1.807) is 0 Å². The molecule has 0 saturated carbocycles. The number of carbonyl (C=O) groups is 1. The van der Waals surface area contributed by atoms with E-state index in [4.69, 9.17) is 4.74 Å². The monoisotopic (exact) mass is 365 g/mol. The first-order valence-electron chi connectivity index (χ1n) is 9.75. The average molecular weight is 365 g/mol. The van der Waals surface area contributed by atoms with E-state index in [1.807, 2.05) is 19.1 Å². The molecule has 1 atom stereocenters. The van der Waals surface area contributed by atoms with Gasteiger partial charge in [-0.15, -0.1) is 0 Å². The van der Waals surface area contributed by atoms with Crippen molar-refractivity contribution < 1.29 is 9.53 Å². The molecular weight excluding hydrogens is 338 g/mol. The summed E-state index contributed by atoms with van der Waals surface area (Å²) in [5, 5.41) is 3.07. The smallest absolute Gasteiger partial charge is 0.241 e. The molecule has 27 heavy (non-hydrogen) atoms. The Labute approximate surface area is 160 Å². The summed E-state index contributed by atoms with van der Waals surface area (Å²) in [4.78, 5) is 17.3. The summed E-state index contributed by atoms with van der Waals surface area (Å²) in [7, 11) is 0. The van der Waals surface area contributed by atoms with E-state index in [-0.39, 0.29) is 11.9 Å². The Morgan fingerprint density at radius 1 is 1.00 bits per heavy atom. The van der Waals surface area contributed by atoms with Crippen LogP contribution in [-0.4, -0.2) is 49.7 Å². The van der Waals surface area contributed by atoms with E-state index in [0.717, 1.165) is 51.5 Å². The first-order valence-corrected chi connectivity index (χ1v) is 9.75. The Bertz CT molecular complexity index is 784. The lowest BCUT2D eigenvalue weighted by Gasteiger charge is -2.33. The van der Waals surface area contributed by atoms with Crippen LogP contribution in [-0.2, 0) is 22.5 Å². The maximum absolute atomic E-state index is 12.7. The fraction of sp³-hybridized carbons (Fsp3) is 0.409. The minimum atomic E-state index is -0.155. The third-order valence-electron chi connectivity index (χ3n) is 5.60. The highest BCUT2D eigenvalue weighted by Crippen LogP contribution is 2.22. The Hall–Kier alpha value is -2.37. The highest BCUT2D eigenvalue weighted by Gasteiger charge is 2.25. The Morgan fingerprint density at radius 3 is 2.44 bits per heavy atom. The molecule has 1 amide bonds. The van der Waals surface area contributed by atoms with Crippen LogP contribution in [0.4, 0.5) is 11.4 Å². The van der Waals surface area contributed by atoms with Crippen molar-refractivity contribution in [3.8, 4) is 0 Å². The number of carbonyl (C=O) groups excluding carboxylic acids is 1. The summed E-state index contributed by atoms with van der Waals surface area (Å²) < 4.78 is 5.40. The van der Waals surface area contributed by atoms with Gasteiger partial charge in [0.05, 0.1) is 19.3 Å². The Balaban J connectivity index is 1.36. The molecule has 1 N–H and O–H groups in total. The predicted octanol–water partition coefficient (Wildman–Crippen LogP) is 2.91. The number of ether oxygens (including phenoxy) is 1. The summed E-state index contributed by atoms with van der Waals surface area (Å²) in [5.41, 5.74) is 4.76. The lowest BCUT2D eigenvalue weighted by atomic mass is 9.99. The van der Waals surface area contributed by atoms with E-state index in [2.05, 4.69) is 51.5 Å². The number of morpholine rings is 1. The largest absolute Gasteiger partial charge is 0.378 e. The zero-order valence-corrected chi connectivity index (χ0v) is 15.9. The second kappa shape index (κ2) is 8.11. The second-order valence-electron chi connectivity index (χ2n) is 7.30. The number of nitrogens with one attached hydrogen (secondary N) is 1. The summed E-state index contributed by atoms with van der Waals surface area (Å²) in [6.07, 6.45) is 1.00. The van der Waals surface area contributed by atoms with Gasteiger partial charge in [0, 0.05) is 37.6 Å². The number of benzene rings is 2. The third kappa shape index (κ3) is 4.15. The van der Waals surface area contributed by atoms with Gasteiger partial charge in [-0.1, -0.05) is 24.3 Å². The van der Waals surface area contributed by atoms with Crippen LogP contribution < -0.4 is 10.2 Å². The highest BCUT2D eigenvalue weighted by atomic mass is 16.5. The number of amides is 1. The summed E-state index contributed by atoms with van der Waals surface area (Å²) in [5.74, 6) is 0.0495. The highest BCUT2D eigenvalue weighted by molar-refractivity contribution is 5.94. The molecular formula is C22H27N3O2. The molecule has 2 aromatic rings. The molecule has 5 heteroatoms. The van der Waals surface area contributed by atoms with Crippen molar-refractivity contribution in [2.24, 2.45) is 0 Å². The van der Waals surface area contributed by atoms with Crippen LogP contribution in [0.25, 0.3) is 0 Å². The fourth-order valence-corrected chi connectivity index (χ4v) is 3.84. The molecule has 0 spiro atoms. The topological polar surface area (TPSA) is 44.8 Å². The van der Waals surface area contributed by atoms with Crippen molar-refractivity contribution in [2.45, 2.75) is 25.9 Å². The number of nitrogens with zero attached hydrogens (tertiary/aromatic N) is 2. The molecule has 1 saturated heterocycles. The number of anilines is 2. The molecule has 1 unspecified atom stereocenters. The number of hydrogen-bond acceptors (Lipinski definition) is 4. The maximum atomic E-state index is 12.7. The summed E-state index contributed by atoms with van der Waals surface area (Å²) in [6, 6.07) is 16.5. The van der Waals surface area contributed by atoms with Gasteiger partial charge in [-0.25, -0.2) is 0 Å². The van der Waals surface area contributed by atoms with Crippen molar-refractivity contribution in [1.29, 1.82) is 0 Å². The van der Waals surface area contributed by atoms with Crippen LogP contribution in [0.5, 0.6) is 0 Å². The first-order chi connectivity index (χ1) is 13.2. The fourth-order valence-electron chi connectivity index (χ4n) is 3.84. The zero-order chi connectivity index (χ0) is 18.6. The lowest BCUT2D eigenvalue weighted by molar-refractivity contribution is -0.121. The molecule has 2 heterocycles. The molecule has 4 rings (SSSR count). The van der Waals surface area contributed by atoms with Gasteiger partial charge < -0.3 is 15.0 Å². The van der Waals surface area contributed by atoms with Crippen molar-refractivity contribution in [1.82, 2.24) is 4.90 Å². The van der Waals surface area contributed by atoms with Gasteiger partial charge in [-0.3, -0.25) is 9.69 Å². The van der Waals surface area contributed by atoms with E-state index in [1.165, 1.54) is 16.8 Å². The van der Waals surface area contributed by atoms with Gasteiger partial charge in [0.1, 0.15) is 0 Å². The summed E-state index contributed by atoms with van der Waals surface area (Å²) in [6.45, 7) is 7.12. The van der Waals surface area contributed by atoms with Crippen LogP contribution in [0.15, 0.2) is 48.5 Å². The zero-order valence-electron chi connectivity index (χ0n) is 15.9. The van der Waals surface area contributed by atoms with E-state index in [0.29, 0.717) is 0 Å². The number of hydrogen-bond donors (Lipinski definition) is 1. The van der Waals surface area contributed by atoms with Crippen LogP contribution >= 0.6 is 0 Å². The molecule has 1 fully saturated rings. The molecule has 5 nitrogen and oxygen atoms in total. The van der Waals surface area contributed by atoms with Crippen LogP contribution in [0.1, 0.15) is 18.1 Å². The minimum Gasteiger partial charge on any atom is -0.378 e. The van der Waals surface area contributed by atoms with E-state index < -0.39 is 0 Å². The molecule has 0 bridgehead atoms. The number of fused-ring (bicyclic) bond motifs is 1. The maximum Gasteiger partial charge on any atom is 0.241 e. The molecule has 2 aromatic carbocycles. The van der Waals surface area contributed by atoms with Crippen molar-refractivity contribution in [2.75, 3.05) is 43.1 Å². The van der Waals surface area contributed by atoms with E-state index in [9.17, 15) is 4.79 Å². The minimum absolute atomic E-state index is 0.0495. The molecule has 2 aliphatic rings. The van der Waals surface area contributed by atoms with Crippen LogP contribution in [0.2, 0.25) is 0 Å². The second-order valence-corrected chi connectivity index (χ2v) is 7.30. The van der Waals surface area contributed by atoms with Crippen molar-refractivity contribution in [3.63, 3.8) is 0 Å². The summed E-state index contributed by atoms with van der Waals surface area (Å²) >= 11 is 0. The average Bonchev–Trinajstić information content (AvgIpc) is 2.74. The Morgan fingerprint density at radius 2 is 1.70 bits per heavy atom. The van der Waals surface area contributed by atoms with Gasteiger partial charge in [-0.2, -0.15) is 0 Å². The quantitative estimate of drug-likeness (QED) is 0.905. The predicted molar refractivity (Wildman–Crippen MR) is 108 cm³/mol.